The maximum absolute atomic E-state index is 9.25. The van der Waals surface area contributed by atoms with E-state index in [1.54, 1.807) is 0 Å². The van der Waals surface area contributed by atoms with E-state index < -0.39 is 5.97 Å². The molecular formula is C6H11O2Zn. The van der Waals surface area contributed by atoms with Gasteiger partial charge in [0.25, 0.3) is 0 Å². The van der Waals surface area contributed by atoms with Gasteiger partial charge in [0.1, 0.15) is 0 Å². The van der Waals surface area contributed by atoms with Gasteiger partial charge in [-0.1, -0.05) is 6.58 Å². The molecule has 49 valence electrons. The van der Waals surface area contributed by atoms with Gasteiger partial charge in [-0.2, -0.15) is 0 Å². The maximum atomic E-state index is 9.25. The molecule has 0 aromatic rings. The topological polar surface area (TPSA) is 37.3 Å². The first-order valence-corrected chi connectivity index (χ1v) is 4.93. The minimum absolute atomic E-state index is 0.833. The molecule has 2 nitrogen and oxygen atoms in total. The molecule has 0 aromatic heterocycles. The summed E-state index contributed by atoms with van der Waals surface area (Å²) in [5.41, 5.74) is 0. The SMILES string of the molecule is C=CC(=O)O.CC[CH2][Zn]. The molecule has 0 saturated heterocycles. The zero-order chi connectivity index (χ0) is 7.70. The van der Waals surface area contributed by atoms with Crippen LogP contribution in [0.3, 0.4) is 0 Å². The van der Waals surface area contributed by atoms with Crippen molar-refractivity contribution in [1.29, 1.82) is 0 Å². The Balaban J connectivity index is 0. The van der Waals surface area contributed by atoms with Gasteiger partial charge in [-0.3, -0.25) is 0 Å². The van der Waals surface area contributed by atoms with Gasteiger partial charge in [0.15, 0.2) is 0 Å². The van der Waals surface area contributed by atoms with Crippen molar-refractivity contribution in [3.05, 3.63) is 12.7 Å². The van der Waals surface area contributed by atoms with Crippen molar-refractivity contribution in [3.63, 3.8) is 0 Å². The second-order valence-electron chi connectivity index (χ2n) is 1.40. The van der Waals surface area contributed by atoms with Crippen molar-refractivity contribution in [2.45, 2.75) is 18.4 Å². The molecule has 0 spiro atoms. The fourth-order valence-corrected chi connectivity index (χ4v) is 0. The van der Waals surface area contributed by atoms with Crippen molar-refractivity contribution in [1.82, 2.24) is 0 Å². The second-order valence-corrected chi connectivity index (χ2v) is 2.88. The molecule has 0 fully saturated rings. The molecule has 0 aliphatic heterocycles. The Bertz CT molecular complexity index is 79.1. The third-order valence-corrected chi connectivity index (χ3v) is 2.01. The number of aliphatic carboxylic acids is 1. The van der Waals surface area contributed by atoms with E-state index in [-0.39, 0.29) is 0 Å². The third-order valence-electron chi connectivity index (χ3n) is 0.528. The van der Waals surface area contributed by atoms with Crippen LogP contribution in [0.5, 0.6) is 0 Å². The molecule has 0 aromatic carbocycles. The number of hydrogen-bond donors (Lipinski definition) is 1. The second kappa shape index (κ2) is 10.7. The average Bonchev–Trinajstić information content (AvgIpc) is 1.89. The normalized spacial score (nSPS) is 7.00. The zero-order valence-corrected chi connectivity index (χ0v) is 8.73. The summed E-state index contributed by atoms with van der Waals surface area (Å²) in [5.74, 6) is -0.981. The van der Waals surface area contributed by atoms with Crippen molar-refractivity contribution in [2.24, 2.45) is 0 Å². The van der Waals surface area contributed by atoms with Crippen LogP contribution in [0, 0.1) is 0 Å². The molecular weight excluding hydrogens is 169 g/mol. The van der Waals surface area contributed by atoms with E-state index in [1.165, 1.54) is 29.7 Å². The molecule has 0 bridgehead atoms. The van der Waals surface area contributed by atoms with Gasteiger partial charge in [-0.15, -0.1) is 0 Å². The molecule has 0 unspecified atom stereocenters. The fraction of sp³-hybridized carbons (Fsp3) is 0.500. The van der Waals surface area contributed by atoms with Crippen LogP contribution in [0.4, 0.5) is 0 Å². The Kier molecular flexibility index (Phi) is 13.9. The number of carboxylic acid groups (broad SMARTS) is 1. The summed E-state index contributed by atoms with van der Waals surface area (Å²) in [5, 5.41) is 9.05. The first-order valence-electron chi connectivity index (χ1n) is 2.83. The van der Waals surface area contributed by atoms with E-state index >= 15 is 0 Å². The van der Waals surface area contributed by atoms with Crippen LogP contribution in [0.25, 0.3) is 0 Å². The molecule has 0 saturated carbocycles. The summed E-state index contributed by atoms with van der Waals surface area (Å²) in [7, 11) is 0. The first-order chi connectivity index (χ1) is 4.18. The van der Waals surface area contributed by atoms with E-state index in [0.717, 1.165) is 6.08 Å². The molecule has 3 heteroatoms. The first kappa shape index (κ1) is 11.6. The molecule has 0 aliphatic rings. The summed E-state index contributed by atoms with van der Waals surface area (Å²) in [6.45, 7) is 5.17. The van der Waals surface area contributed by atoms with Gasteiger partial charge >= 0.3 is 42.6 Å². The van der Waals surface area contributed by atoms with Gasteiger partial charge < -0.3 is 5.11 Å². The van der Waals surface area contributed by atoms with Crippen molar-refractivity contribution < 1.29 is 28.2 Å². The van der Waals surface area contributed by atoms with Crippen LogP contribution in [0.2, 0.25) is 5.02 Å². The quantitative estimate of drug-likeness (QED) is 0.518. The third kappa shape index (κ3) is 33.2. The molecule has 0 atom stereocenters. The van der Waals surface area contributed by atoms with Gasteiger partial charge in [0.05, 0.1) is 0 Å². The van der Waals surface area contributed by atoms with Gasteiger partial charge in [-0.05, 0) is 0 Å². The zero-order valence-electron chi connectivity index (χ0n) is 5.76. The number of rotatable bonds is 2. The van der Waals surface area contributed by atoms with Crippen molar-refractivity contribution in [3.8, 4) is 0 Å². The Morgan fingerprint density at radius 1 is 1.89 bits per heavy atom. The summed E-state index contributed by atoms with van der Waals surface area (Å²) >= 11 is 1.47. The Morgan fingerprint density at radius 3 is 2.11 bits per heavy atom. The predicted molar refractivity (Wildman–Crippen MR) is 32.9 cm³/mol. The molecule has 1 N–H and O–H groups in total. The van der Waals surface area contributed by atoms with Gasteiger partial charge in [0, 0.05) is 6.08 Å². The monoisotopic (exact) mass is 179 g/mol. The van der Waals surface area contributed by atoms with E-state index in [4.69, 9.17) is 5.11 Å². The summed E-state index contributed by atoms with van der Waals surface area (Å²) in [6, 6.07) is 0. The number of hydrogen-bond acceptors (Lipinski definition) is 1. The van der Waals surface area contributed by atoms with Gasteiger partial charge in [0.2, 0.25) is 0 Å². The molecule has 0 heterocycles. The standard InChI is InChI=1S/C3H4O2.C3H7.Zn/c1-2-3(4)5;1-3-2;/h2H,1H2,(H,4,5);1,3H2,2H3;. The molecule has 9 heavy (non-hydrogen) atoms. The number of carbonyl (C=O) groups is 1. The Hall–Kier alpha value is -0.167. The van der Waals surface area contributed by atoms with Crippen LogP contribution in [-0.4, -0.2) is 11.1 Å². The Morgan fingerprint density at radius 2 is 2.11 bits per heavy atom. The van der Waals surface area contributed by atoms with Crippen molar-refractivity contribution >= 4 is 5.97 Å². The molecule has 0 radical (unpaired) electrons. The minimum atomic E-state index is -0.981. The Labute approximate surface area is 65.6 Å². The molecule has 0 aliphatic carbocycles. The van der Waals surface area contributed by atoms with E-state index in [0.29, 0.717) is 0 Å². The number of carboxylic acids is 1. The van der Waals surface area contributed by atoms with E-state index in [9.17, 15) is 4.79 Å². The van der Waals surface area contributed by atoms with Crippen LogP contribution in [-0.2, 0) is 23.1 Å². The summed E-state index contributed by atoms with van der Waals surface area (Å²) in [4.78, 5) is 9.25. The van der Waals surface area contributed by atoms with Crippen molar-refractivity contribution in [2.75, 3.05) is 0 Å². The van der Waals surface area contributed by atoms with Crippen LogP contribution < -0.4 is 0 Å². The van der Waals surface area contributed by atoms with E-state index in [2.05, 4.69) is 13.5 Å². The van der Waals surface area contributed by atoms with E-state index in [1.807, 2.05) is 0 Å². The predicted octanol–water partition coefficient (Wildman–Crippen LogP) is 1.62. The summed E-state index contributed by atoms with van der Waals surface area (Å²) in [6.07, 6.45) is 2.21. The fourth-order valence-electron chi connectivity index (χ4n) is 0. The summed E-state index contributed by atoms with van der Waals surface area (Å²) < 4.78 is 0. The van der Waals surface area contributed by atoms with Crippen LogP contribution in [0.15, 0.2) is 12.7 Å². The average molecular weight is 181 g/mol. The molecule has 0 amide bonds. The van der Waals surface area contributed by atoms with Crippen LogP contribution in [0.1, 0.15) is 13.3 Å². The van der Waals surface area contributed by atoms with Crippen LogP contribution >= 0.6 is 0 Å². The molecule has 0 rings (SSSR count). The van der Waals surface area contributed by atoms with Gasteiger partial charge in [-0.25, -0.2) is 4.79 Å².